The Kier molecular flexibility index (Phi) is 3.85. The molecule has 0 atom stereocenters. The van der Waals surface area contributed by atoms with Gasteiger partial charge in [0.2, 0.25) is 0 Å². The fourth-order valence-corrected chi connectivity index (χ4v) is 5.33. The van der Waals surface area contributed by atoms with Gasteiger partial charge in [-0.2, -0.15) is 0 Å². The fourth-order valence-electron chi connectivity index (χ4n) is 2.18. The highest BCUT2D eigenvalue weighted by Gasteiger charge is 2.65. The average Bonchev–Trinajstić information content (AvgIpc) is 2.31. The largest absolute Gasteiger partial charge is 0.358 e. The highest BCUT2D eigenvalue weighted by molar-refractivity contribution is 8.45. The Labute approximate surface area is 136 Å². The SMILES string of the molecule is Cc1cc(C)c([I+]c2ccc(S(F)(F)(F)(F)F)cc2)c(C)c1. The lowest BCUT2D eigenvalue weighted by atomic mass is 10.1. The van der Waals surface area contributed by atoms with Crippen LogP contribution in [0.4, 0.5) is 19.4 Å². The summed E-state index contributed by atoms with van der Waals surface area (Å²) < 4.78 is 65.2. The van der Waals surface area contributed by atoms with Crippen LogP contribution in [-0.4, -0.2) is 0 Å². The van der Waals surface area contributed by atoms with Crippen molar-refractivity contribution in [1.82, 2.24) is 0 Å². The van der Waals surface area contributed by atoms with Crippen molar-refractivity contribution in [1.29, 1.82) is 0 Å². The standard InChI is InChI=1S/C15H15F5IS/c1-10-8-11(2)15(12(3)9-10)21-13-4-6-14(7-5-13)22(16,17,18,19)20/h4-9H,1-3H3/q+1. The third-order valence-electron chi connectivity index (χ3n) is 3.04. The van der Waals surface area contributed by atoms with Crippen molar-refractivity contribution in [3.8, 4) is 0 Å². The molecule has 2 aromatic rings. The van der Waals surface area contributed by atoms with Gasteiger partial charge in [-0.15, -0.1) is 0 Å². The van der Waals surface area contributed by atoms with Crippen LogP contribution in [0.5, 0.6) is 0 Å². The van der Waals surface area contributed by atoms with Crippen LogP contribution in [0.2, 0.25) is 0 Å². The highest BCUT2D eigenvalue weighted by Crippen LogP contribution is 3.02. The molecule has 0 heterocycles. The van der Waals surface area contributed by atoms with E-state index in [4.69, 9.17) is 0 Å². The molecule has 0 saturated carbocycles. The zero-order valence-corrected chi connectivity index (χ0v) is 15.1. The van der Waals surface area contributed by atoms with E-state index in [0.717, 1.165) is 20.3 Å². The van der Waals surface area contributed by atoms with Crippen molar-refractivity contribution in [2.75, 3.05) is 0 Å². The van der Waals surface area contributed by atoms with Crippen LogP contribution in [0.15, 0.2) is 41.3 Å². The van der Waals surface area contributed by atoms with Gasteiger partial charge in [-0.05, 0) is 45.0 Å². The third-order valence-corrected chi connectivity index (χ3v) is 7.79. The molecule has 0 radical (unpaired) electrons. The summed E-state index contributed by atoms with van der Waals surface area (Å²) in [4.78, 5) is -1.83. The molecule has 2 rings (SSSR count). The molecule has 0 saturated heterocycles. The molecule has 2 aromatic carbocycles. The van der Waals surface area contributed by atoms with Gasteiger partial charge in [0, 0.05) is 11.1 Å². The van der Waals surface area contributed by atoms with Crippen LogP contribution in [0, 0.1) is 27.9 Å². The molecule has 0 amide bonds. The summed E-state index contributed by atoms with van der Waals surface area (Å²) in [5.41, 5.74) is 3.29. The summed E-state index contributed by atoms with van der Waals surface area (Å²) in [6, 6.07) is 7.36. The smallest absolute Gasteiger partial charge is 0.0936 e. The number of rotatable bonds is 3. The molecule has 7 heteroatoms. The second kappa shape index (κ2) is 4.83. The lowest BCUT2D eigenvalue weighted by Crippen LogP contribution is -3.62. The van der Waals surface area contributed by atoms with Crippen molar-refractivity contribution >= 4 is 10.2 Å². The number of hydrogen-bond acceptors (Lipinski definition) is 0. The van der Waals surface area contributed by atoms with Crippen LogP contribution >= 0.6 is 10.2 Å². The molecule has 0 aliphatic heterocycles. The van der Waals surface area contributed by atoms with E-state index in [1.165, 1.54) is 12.1 Å². The first-order valence-electron chi connectivity index (χ1n) is 6.33. The van der Waals surface area contributed by atoms with Crippen molar-refractivity contribution in [2.24, 2.45) is 0 Å². The third kappa shape index (κ3) is 4.13. The maximum atomic E-state index is 12.7. The molecule has 0 spiro atoms. The summed E-state index contributed by atoms with van der Waals surface area (Å²) in [7, 11) is -9.57. The predicted octanol–water partition coefficient (Wildman–Crippen LogP) is 3.40. The lowest BCUT2D eigenvalue weighted by Gasteiger charge is -2.40. The number of halogens is 6. The molecule has 0 nitrogen and oxygen atoms in total. The van der Waals surface area contributed by atoms with E-state index in [1.807, 2.05) is 32.9 Å². The van der Waals surface area contributed by atoms with Gasteiger partial charge in [0.05, 0.1) is 0 Å². The molecule has 122 valence electrons. The van der Waals surface area contributed by atoms with Crippen molar-refractivity contribution < 1.29 is 40.6 Å². The zero-order chi connectivity index (χ0) is 16.8. The van der Waals surface area contributed by atoms with Crippen molar-refractivity contribution in [2.45, 2.75) is 25.7 Å². The highest BCUT2D eigenvalue weighted by atomic mass is 127. The second-order valence-electron chi connectivity index (χ2n) is 5.23. The summed E-state index contributed by atoms with van der Waals surface area (Å²) in [6.07, 6.45) is 0. The van der Waals surface area contributed by atoms with Gasteiger partial charge in [-0.3, -0.25) is 0 Å². The van der Waals surface area contributed by atoms with E-state index in [-0.39, 0.29) is 0 Å². The Hall–Kier alpha value is -0.830. The Balaban J connectivity index is 2.35. The molecule has 0 N–H and O–H groups in total. The molecule has 0 aliphatic carbocycles. The van der Waals surface area contributed by atoms with E-state index >= 15 is 0 Å². The predicted molar refractivity (Wildman–Crippen MR) is 75.9 cm³/mol. The van der Waals surface area contributed by atoms with E-state index in [2.05, 4.69) is 0 Å². The minimum absolute atomic E-state index is 0.496. The quantitative estimate of drug-likeness (QED) is 0.498. The molecule has 0 bridgehead atoms. The van der Waals surface area contributed by atoms with Crippen LogP contribution in [0.1, 0.15) is 16.7 Å². The van der Waals surface area contributed by atoms with Crippen LogP contribution < -0.4 is 21.2 Å². The second-order valence-corrected chi connectivity index (χ2v) is 10.5. The van der Waals surface area contributed by atoms with Crippen LogP contribution in [0.25, 0.3) is 0 Å². The van der Waals surface area contributed by atoms with Gasteiger partial charge in [-0.25, -0.2) is 0 Å². The summed E-state index contributed by atoms with van der Waals surface area (Å²) in [6.45, 7) is 5.89. The molecular formula is C15H15F5IS+. The monoisotopic (exact) mass is 449 g/mol. The minimum Gasteiger partial charge on any atom is -0.0936 e. The van der Waals surface area contributed by atoms with Gasteiger partial charge < -0.3 is 0 Å². The minimum atomic E-state index is -9.57. The first-order chi connectivity index (χ1) is 9.76. The molecule has 0 unspecified atom stereocenters. The first kappa shape index (κ1) is 17.5. The molecule has 0 aromatic heterocycles. The van der Waals surface area contributed by atoms with Crippen molar-refractivity contribution in [3.05, 3.63) is 60.2 Å². The van der Waals surface area contributed by atoms with Crippen LogP contribution in [-0.2, 0) is 0 Å². The van der Waals surface area contributed by atoms with E-state index in [1.54, 1.807) is 0 Å². The summed E-state index contributed by atoms with van der Waals surface area (Å²) in [5, 5.41) is 0. The number of hydrogen-bond donors (Lipinski definition) is 0. The lowest BCUT2D eigenvalue weighted by molar-refractivity contribution is -0.598. The van der Waals surface area contributed by atoms with Gasteiger partial charge in [0.25, 0.3) is 0 Å². The van der Waals surface area contributed by atoms with E-state index < -0.39 is 36.3 Å². The van der Waals surface area contributed by atoms with E-state index in [0.29, 0.717) is 15.7 Å². The maximum Gasteiger partial charge on any atom is 0.358 e. The molecule has 0 fully saturated rings. The Morgan fingerprint density at radius 3 is 1.64 bits per heavy atom. The van der Waals surface area contributed by atoms with Gasteiger partial charge in [0.15, 0.2) is 7.14 Å². The molecule has 22 heavy (non-hydrogen) atoms. The molecule has 0 aliphatic rings. The zero-order valence-electron chi connectivity index (χ0n) is 12.1. The summed E-state index contributed by atoms with van der Waals surface area (Å²) in [5.74, 6) is 0. The van der Waals surface area contributed by atoms with Crippen molar-refractivity contribution in [3.63, 3.8) is 0 Å². The molecular weight excluding hydrogens is 434 g/mol. The Bertz CT molecular complexity index is 697. The van der Waals surface area contributed by atoms with Gasteiger partial charge in [0.1, 0.15) is 4.90 Å². The first-order valence-corrected chi connectivity index (χ1v) is 10.4. The normalized spacial score (nSPS) is 15.3. The number of benzene rings is 2. The Morgan fingerprint density at radius 1 is 0.773 bits per heavy atom. The van der Waals surface area contributed by atoms with E-state index in [9.17, 15) is 19.4 Å². The Morgan fingerprint density at radius 2 is 1.23 bits per heavy atom. The van der Waals surface area contributed by atoms with Crippen LogP contribution in [0.3, 0.4) is 0 Å². The average molecular weight is 449 g/mol. The van der Waals surface area contributed by atoms with Gasteiger partial charge in [-0.1, -0.05) is 37.1 Å². The maximum absolute atomic E-state index is 12.7. The number of aryl methyl sites for hydroxylation is 3. The van der Waals surface area contributed by atoms with Gasteiger partial charge >= 0.3 is 31.4 Å². The fraction of sp³-hybridized carbons (Fsp3) is 0.200. The summed E-state index contributed by atoms with van der Waals surface area (Å²) >= 11 is -0.710. The topological polar surface area (TPSA) is 0 Å².